The molecule has 1 amide bonds. The van der Waals surface area contributed by atoms with E-state index in [-0.39, 0.29) is 5.91 Å². The van der Waals surface area contributed by atoms with Gasteiger partial charge in [-0.2, -0.15) is 0 Å². The first-order valence-corrected chi connectivity index (χ1v) is 5.22. The van der Waals surface area contributed by atoms with Crippen molar-refractivity contribution in [2.24, 2.45) is 0 Å². The number of rotatable bonds is 4. The van der Waals surface area contributed by atoms with E-state index in [2.05, 4.69) is 25.3 Å². The summed E-state index contributed by atoms with van der Waals surface area (Å²) in [4.78, 5) is 15.9. The Hall–Kier alpha value is -2.37. The van der Waals surface area contributed by atoms with Crippen LogP contribution in [0.15, 0.2) is 35.1 Å². The highest BCUT2D eigenvalue weighted by Crippen LogP contribution is 2.07. The molecule has 0 fully saturated rings. The van der Waals surface area contributed by atoms with Crippen LogP contribution in [0.3, 0.4) is 0 Å². The van der Waals surface area contributed by atoms with Crippen molar-refractivity contribution in [3.05, 3.63) is 36.2 Å². The standard InChI is InChI=1S/C11H12N4O2/c1-2-12-9-5-3-4-8(13-9)11(16)14-10-6-7-17-15-10/h3-7H,2H2,1H3,(H,12,13)(H,14,15,16). The maximum Gasteiger partial charge on any atom is 0.275 e. The maximum atomic E-state index is 11.8. The summed E-state index contributed by atoms with van der Waals surface area (Å²) < 4.78 is 4.62. The van der Waals surface area contributed by atoms with Gasteiger partial charge in [0.1, 0.15) is 17.8 Å². The van der Waals surface area contributed by atoms with Crippen LogP contribution in [-0.2, 0) is 0 Å². The number of nitrogens with one attached hydrogen (secondary N) is 2. The molecule has 0 radical (unpaired) electrons. The highest BCUT2D eigenvalue weighted by Gasteiger charge is 2.09. The summed E-state index contributed by atoms with van der Waals surface area (Å²) in [6, 6.07) is 6.77. The molecule has 0 aliphatic carbocycles. The van der Waals surface area contributed by atoms with Crippen LogP contribution in [0.1, 0.15) is 17.4 Å². The van der Waals surface area contributed by atoms with Crippen molar-refractivity contribution in [1.82, 2.24) is 10.1 Å². The summed E-state index contributed by atoms with van der Waals surface area (Å²) in [6.45, 7) is 2.71. The molecule has 6 nitrogen and oxygen atoms in total. The Bertz CT molecular complexity index is 496. The molecule has 0 spiro atoms. The molecule has 0 aromatic carbocycles. The van der Waals surface area contributed by atoms with Crippen molar-refractivity contribution < 1.29 is 9.32 Å². The Morgan fingerprint density at radius 3 is 2.94 bits per heavy atom. The third kappa shape index (κ3) is 2.81. The zero-order valence-corrected chi connectivity index (χ0v) is 9.30. The lowest BCUT2D eigenvalue weighted by Gasteiger charge is -2.04. The molecule has 6 heteroatoms. The van der Waals surface area contributed by atoms with Gasteiger partial charge in [-0.3, -0.25) is 4.79 Å². The van der Waals surface area contributed by atoms with Gasteiger partial charge in [0, 0.05) is 12.6 Å². The zero-order chi connectivity index (χ0) is 12.1. The molecule has 0 saturated carbocycles. The van der Waals surface area contributed by atoms with Crippen LogP contribution in [0.25, 0.3) is 0 Å². The summed E-state index contributed by atoms with van der Waals surface area (Å²) in [5, 5.41) is 9.20. The summed E-state index contributed by atoms with van der Waals surface area (Å²) in [7, 11) is 0. The Morgan fingerprint density at radius 2 is 2.24 bits per heavy atom. The third-order valence-corrected chi connectivity index (χ3v) is 2.02. The highest BCUT2D eigenvalue weighted by atomic mass is 16.5. The van der Waals surface area contributed by atoms with Crippen LogP contribution in [0.4, 0.5) is 11.6 Å². The number of carbonyl (C=O) groups is 1. The summed E-state index contributed by atoms with van der Waals surface area (Å²) >= 11 is 0. The van der Waals surface area contributed by atoms with Crippen molar-refractivity contribution in [1.29, 1.82) is 0 Å². The fourth-order valence-electron chi connectivity index (χ4n) is 1.30. The molecule has 0 aliphatic rings. The predicted octanol–water partition coefficient (Wildman–Crippen LogP) is 1.75. The summed E-state index contributed by atoms with van der Waals surface area (Å²) in [5.74, 6) is 0.713. The Labute approximate surface area is 98.0 Å². The van der Waals surface area contributed by atoms with E-state index in [1.807, 2.05) is 6.92 Å². The molecule has 2 heterocycles. The van der Waals surface area contributed by atoms with Crippen molar-refractivity contribution >= 4 is 17.5 Å². The second kappa shape index (κ2) is 5.11. The normalized spacial score (nSPS) is 9.94. The molecular weight excluding hydrogens is 220 g/mol. The minimum atomic E-state index is -0.321. The average Bonchev–Trinajstić information content (AvgIpc) is 2.83. The Kier molecular flexibility index (Phi) is 3.34. The van der Waals surface area contributed by atoms with E-state index >= 15 is 0 Å². The van der Waals surface area contributed by atoms with Crippen LogP contribution < -0.4 is 10.6 Å². The predicted molar refractivity (Wildman–Crippen MR) is 62.9 cm³/mol. The van der Waals surface area contributed by atoms with E-state index in [9.17, 15) is 4.79 Å². The monoisotopic (exact) mass is 232 g/mol. The fraction of sp³-hybridized carbons (Fsp3) is 0.182. The number of hydrogen-bond donors (Lipinski definition) is 2. The number of carbonyl (C=O) groups excluding carboxylic acids is 1. The Balaban J connectivity index is 2.11. The van der Waals surface area contributed by atoms with Gasteiger partial charge in [0.15, 0.2) is 5.82 Å². The highest BCUT2D eigenvalue weighted by molar-refractivity contribution is 6.02. The molecular formula is C11H12N4O2. The fourth-order valence-corrected chi connectivity index (χ4v) is 1.30. The largest absolute Gasteiger partial charge is 0.370 e. The van der Waals surface area contributed by atoms with Gasteiger partial charge >= 0.3 is 0 Å². The van der Waals surface area contributed by atoms with Gasteiger partial charge in [0.2, 0.25) is 0 Å². The molecule has 0 aliphatic heterocycles. The van der Waals surface area contributed by atoms with Gasteiger partial charge in [-0.1, -0.05) is 11.2 Å². The van der Waals surface area contributed by atoms with E-state index in [0.717, 1.165) is 6.54 Å². The average molecular weight is 232 g/mol. The lowest BCUT2D eigenvalue weighted by molar-refractivity contribution is 0.102. The first kappa shape index (κ1) is 11.1. The van der Waals surface area contributed by atoms with Crippen molar-refractivity contribution in [2.75, 3.05) is 17.2 Å². The number of aromatic nitrogens is 2. The van der Waals surface area contributed by atoms with Crippen LogP contribution in [0.2, 0.25) is 0 Å². The number of anilines is 2. The minimum Gasteiger partial charge on any atom is -0.370 e. The molecule has 0 atom stereocenters. The van der Waals surface area contributed by atoms with E-state index < -0.39 is 0 Å². The number of nitrogens with zero attached hydrogens (tertiary/aromatic N) is 2. The zero-order valence-electron chi connectivity index (χ0n) is 9.30. The molecule has 2 aromatic rings. The molecule has 88 valence electrons. The third-order valence-electron chi connectivity index (χ3n) is 2.02. The first-order chi connectivity index (χ1) is 8.29. The number of pyridine rings is 1. The molecule has 0 unspecified atom stereocenters. The Morgan fingerprint density at radius 1 is 1.35 bits per heavy atom. The quantitative estimate of drug-likeness (QED) is 0.839. The lowest BCUT2D eigenvalue weighted by atomic mass is 10.3. The van der Waals surface area contributed by atoms with Crippen LogP contribution in [-0.4, -0.2) is 22.6 Å². The van der Waals surface area contributed by atoms with E-state index in [1.165, 1.54) is 6.26 Å². The van der Waals surface area contributed by atoms with Gasteiger partial charge in [-0.25, -0.2) is 4.98 Å². The second-order valence-electron chi connectivity index (χ2n) is 3.28. The molecule has 2 N–H and O–H groups in total. The van der Waals surface area contributed by atoms with Crippen molar-refractivity contribution in [2.45, 2.75) is 6.92 Å². The maximum absolute atomic E-state index is 11.8. The smallest absolute Gasteiger partial charge is 0.275 e. The van der Waals surface area contributed by atoms with Crippen LogP contribution >= 0.6 is 0 Å². The lowest BCUT2D eigenvalue weighted by Crippen LogP contribution is -2.14. The molecule has 2 rings (SSSR count). The molecule has 2 aromatic heterocycles. The second-order valence-corrected chi connectivity index (χ2v) is 3.28. The van der Waals surface area contributed by atoms with E-state index in [1.54, 1.807) is 24.3 Å². The van der Waals surface area contributed by atoms with E-state index in [0.29, 0.717) is 17.3 Å². The minimum absolute atomic E-state index is 0.321. The van der Waals surface area contributed by atoms with Crippen LogP contribution in [0, 0.1) is 0 Å². The molecule has 17 heavy (non-hydrogen) atoms. The number of amides is 1. The summed E-state index contributed by atoms with van der Waals surface area (Å²) in [6.07, 6.45) is 1.39. The van der Waals surface area contributed by atoms with Gasteiger partial charge in [-0.15, -0.1) is 0 Å². The first-order valence-electron chi connectivity index (χ1n) is 5.22. The van der Waals surface area contributed by atoms with Crippen molar-refractivity contribution in [3.63, 3.8) is 0 Å². The number of hydrogen-bond acceptors (Lipinski definition) is 5. The van der Waals surface area contributed by atoms with Gasteiger partial charge < -0.3 is 15.2 Å². The van der Waals surface area contributed by atoms with Gasteiger partial charge in [0.05, 0.1) is 0 Å². The SMILES string of the molecule is CCNc1cccc(C(=O)Nc2ccon2)n1. The van der Waals surface area contributed by atoms with Gasteiger partial charge in [0.25, 0.3) is 5.91 Å². The van der Waals surface area contributed by atoms with Crippen molar-refractivity contribution in [3.8, 4) is 0 Å². The molecule has 0 bridgehead atoms. The van der Waals surface area contributed by atoms with Gasteiger partial charge in [-0.05, 0) is 19.1 Å². The molecule has 0 saturated heterocycles. The van der Waals surface area contributed by atoms with Crippen LogP contribution in [0.5, 0.6) is 0 Å². The van der Waals surface area contributed by atoms with E-state index in [4.69, 9.17) is 0 Å². The topological polar surface area (TPSA) is 80.0 Å². The summed E-state index contributed by atoms with van der Waals surface area (Å²) in [5.41, 5.74) is 0.325.